The van der Waals surface area contributed by atoms with Crippen molar-refractivity contribution in [3.05, 3.63) is 36.5 Å². The third kappa shape index (κ3) is 2.93. The molecule has 0 radical (unpaired) electrons. The van der Waals surface area contributed by atoms with Gasteiger partial charge in [0.1, 0.15) is 0 Å². The number of aromatic nitrogens is 2. The van der Waals surface area contributed by atoms with Crippen LogP contribution in [0.25, 0.3) is 11.3 Å². The second kappa shape index (κ2) is 5.30. The lowest BCUT2D eigenvalue weighted by Crippen LogP contribution is -1.99. The summed E-state index contributed by atoms with van der Waals surface area (Å²) in [5, 5.41) is 3.33. The molecule has 1 aromatic heterocycles. The SMILES string of the molecule is CCCNc1ccc(-c2ccnc(N)n2)cc1. The number of rotatable bonds is 4. The van der Waals surface area contributed by atoms with Gasteiger partial charge in [-0.25, -0.2) is 9.97 Å². The Bertz CT molecular complexity index is 479. The first-order valence-electron chi connectivity index (χ1n) is 5.72. The minimum absolute atomic E-state index is 0.302. The van der Waals surface area contributed by atoms with Crippen LogP contribution in [-0.4, -0.2) is 16.5 Å². The Labute approximate surface area is 101 Å². The molecule has 0 fully saturated rings. The number of nitrogen functional groups attached to an aromatic ring is 1. The minimum Gasteiger partial charge on any atom is -0.385 e. The van der Waals surface area contributed by atoms with Gasteiger partial charge in [-0.05, 0) is 24.6 Å². The lowest BCUT2D eigenvalue weighted by atomic mass is 10.1. The molecule has 0 unspecified atom stereocenters. The second-order valence-electron chi connectivity index (χ2n) is 3.80. The summed E-state index contributed by atoms with van der Waals surface area (Å²) in [6.45, 7) is 3.13. The van der Waals surface area contributed by atoms with Crippen LogP contribution in [0.1, 0.15) is 13.3 Å². The van der Waals surface area contributed by atoms with E-state index in [1.807, 2.05) is 30.3 Å². The quantitative estimate of drug-likeness (QED) is 0.844. The van der Waals surface area contributed by atoms with Crippen molar-refractivity contribution >= 4 is 11.6 Å². The van der Waals surface area contributed by atoms with Crippen molar-refractivity contribution in [3.8, 4) is 11.3 Å². The highest BCUT2D eigenvalue weighted by atomic mass is 15.0. The summed E-state index contributed by atoms with van der Waals surface area (Å²) in [5.41, 5.74) is 8.57. The van der Waals surface area contributed by atoms with E-state index in [0.29, 0.717) is 5.95 Å². The smallest absolute Gasteiger partial charge is 0.220 e. The lowest BCUT2D eigenvalue weighted by molar-refractivity contribution is 0.980. The molecule has 2 aromatic rings. The Balaban J connectivity index is 2.17. The zero-order valence-corrected chi connectivity index (χ0v) is 9.85. The van der Waals surface area contributed by atoms with Crippen molar-refractivity contribution in [2.24, 2.45) is 0 Å². The van der Waals surface area contributed by atoms with Crippen molar-refractivity contribution in [1.82, 2.24) is 9.97 Å². The fourth-order valence-electron chi connectivity index (χ4n) is 1.56. The molecule has 0 bridgehead atoms. The van der Waals surface area contributed by atoms with E-state index in [1.54, 1.807) is 6.20 Å². The van der Waals surface area contributed by atoms with E-state index < -0.39 is 0 Å². The molecule has 4 nitrogen and oxygen atoms in total. The Morgan fingerprint density at radius 1 is 1.18 bits per heavy atom. The molecule has 0 spiro atoms. The van der Waals surface area contributed by atoms with Crippen LogP contribution in [0, 0.1) is 0 Å². The van der Waals surface area contributed by atoms with Gasteiger partial charge in [0.2, 0.25) is 5.95 Å². The minimum atomic E-state index is 0.302. The summed E-state index contributed by atoms with van der Waals surface area (Å²) in [7, 11) is 0. The van der Waals surface area contributed by atoms with Crippen LogP contribution < -0.4 is 11.1 Å². The van der Waals surface area contributed by atoms with Crippen LogP contribution in [0.3, 0.4) is 0 Å². The molecule has 0 aliphatic rings. The average Bonchev–Trinajstić information content (AvgIpc) is 2.37. The molecule has 1 heterocycles. The molecular weight excluding hydrogens is 212 g/mol. The highest BCUT2D eigenvalue weighted by molar-refractivity contribution is 5.63. The Hall–Kier alpha value is -2.10. The summed E-state index contributed by atoms with van der Waals surface area (Å²) in [4.78, 5) is 8.06. The first-order valence-corrected chi connectivity index (χ1v) is 5.72. The van der Waals surface area contributed by atoms with E-state index in [4.69, 9.17) is 5.73 Å². The van der Waals surface area contributed by atoms with Crippen LogP contribution in [0.2, 0.25) is 0 Å². The molecule has 0 saturated heterocycles. The molecule has 3 N–H and O–H groups in total. The van der Waals surface area contributed by atoms with Gasteiger partial charge in [0, 0.05) is 24.0 Å². The Morgan fingerprint density at radius 2 is 1.94 bits per heavy atom. The first kappa shape index (κ1) is 11.4. The zero-order chi connectivity index (χ0) is 12.1. The van der Waals surface area contributed by atoms with Crippen LogP contribution in [0.15, 0.2) is 36.5 Å². The van der Waals surface area contributed by atoms with E-state index in [0.717, 1.165) is 29.9 Å². The van der Waals surface area contributed by atoms with Crippen molar-refractivity contribution < 1.29 is 0 Å². The maximum atomic E-state index is 5.56. The predicted octanol–water partition coefficient (Wildman–Crippen LogP) is 2.55. The van der Waals surface area contributed by atoms with E-state index in [2.05, 4.69) is 22.2 Å². The number of nitrogens with two attached hydrogens (primary N) is 1. The standard InChI is InChI=1S/C13H16N4/c1-2-8-15-11-5-3-10(4-6-11)12-7-9-16-13(14)17-12/h3-7,9,15H,2,8H2,1H3,(H2,14,16,17). The molecule has 88 valence electrons. The van der Waals surface area contributed by atoms with E-state index >= 15 is 0 Å². The highest BCUT2D eigenvalue weighted by Gasteiger charge is 2.00. The fourth-order valence-corrected chi connectivity index (χ4v) is 1.56. The van der Waals surface area contributed by atoms with E-state index in [1.165, 1.54) is 0 Å². The van der Waals surface area contributed by atoms with Crippen molar-refractivity contribution in [2.45, 2.75) is 13.3 Å². The normalized spacial score (nSPS) is 10.2. The van der Waals surface area contributed by atoms with E-state index in [-0.39, 0.29) is 0 Å². The van der Waals surface area contributed by atoms with Crippen molar-refractivity contribution in [1.29, 1.82) is 0 Å². The third-order valence-electron chi connectivity index (χ3n) is 2.43. The molecule has 17 heavy (non-hydrogen) atoms. The van der Waals surface area contributed by atoms with Crippen LogP contribution >= 0.6 is 0 Å². The van der Waals surface area contributed by atoms with Gasteiger partial charge in [-0.1, -0.05) is 19.1 Å². The van der Waals surface area contributed by atoms with Crippen molar-refractivity contribution in [2.75, 3.05) is 17.6 Å². The average molecular weight is 228 g/mol. The van der Waals surface area contributed by atoms with Crippen LogP contribution in [0.4, 0.5) is 11.6 Å². The molecule has 0 atom stereocenters. The molecule has 0 amide bonds. The summed E-state index contributed by atoms with van der Waals surface area (Å²) < 4.78 is 0. The third-order valence-corrected chi connectivity index (χ3v) is 2.43. The number of nitrogens with one attached hydrogen (secondary N) is 1. The molecule has 0 saturated carbocycles. The Kier molecular flexibility index (Phi) is 3.55. The maximum absolute atomic E-state index is 5.56. The summed E-state index contributed by atoms with van der Waals surface area (Å²) in [5.74, 6) is 0.302. The van der Waals surface area contributed by atoms with Gasteiger partial charge in [-0.3, -0.25) is 0 Å². The molecule has 4 heteroatoms. The van der Waals surface area contributed by atoms with Gasteiger partial charge in [0.05, 0.1) is 5.69 Å². The molecule has 0 aliphatic heterocycles. The summed E-state index contributed by atoms with van der Waals surface area (Å²) in [6, 6.07) is 10.00. The summed E-state index contributed by atoms with van der Waals surface area (Å²) >= 11 is 0. The number of hydrogen-bond donors (Lipinski definition) is 2. The van der Waals surface area contributed by atoms with Gasteiger partial charge in [-0.2, -0.15) is 0 Å². The van der Waals surface area contributed by atoms with E-state index in [9.17, 15) is 0 Å². The largest absolute Gasteiger partial charge is 0.385 e. The number of benzene rings is 1. The second-order valence-corrected chi connectivity index (χ2v) is 3.80. The number of nitrogens with zero attached hydrogens (tertiary/aromatic N) is 2. The predicted molar refractivity (Wildman–Crippen MR) is 70.7 cm³/mol. The molecule has 1 aromatic carbocycles. The monoisotopic (exact) mass is 228 g/mol. The van der Waals surface area contributed by atoms with Gasteiger partial charge in [0.15, 0.2) is 0 Å². The molecular formula is C13H16N4. The van der Waals surface area contributed by atoms with Gasteiger partial charge < -0.3 is 11.1 Å². The van der Waals surface area contributed by atoms with Crippen LogP contribution in [0.5, 0.6) is 0 Å². The van der Waals surface area contributed by atoms with Gasteiger partial charge in [-0.15, -0.1) is 0 Å². The fraction of sp³-hybridized carbons (Fsp3) is 0.231. The molecule has 2 rings (SSSR count). The van der Waals surface area contributed by atoms with Crippen LogP contribution in [-0.2, 0) is 0 Å². The molecule has 0 aliphatic carbocycles. The van der Waals surface area contributed by atoms with Gasteiger partial charge in [0.25, 0.3) is 0 Å². The van der Waals surface area contributed by atoms with Gasteiger partial charge >= 0.3 is 0 Å². The number of hydrogen-bond acceptors (Lipinski definition) is 4. The Morgan fingerprint density at radius 3 is 2.59 bits per heavy atom. The summed E-state index contributed by atoms with van der Waals surface area (Å²) in [6.07, 6.45) is 2.78. The first-order chi connectivity index (χ1) is 8.29. The zero-order valence-electron chi connectivity index (χ0n) is 9.85. The van der Waals surface area contributed by atoms with Crippen molar-refractivity contribution in [3.63, 3.8) is 0 Å². The maximum Gasteiger partial charge on any atom is 0.220 e. The number of anilines is 2. The highest BCUT2D eigenvalue weighted by Crippen LogP contribution is 2.19. The topological polar surface area (TPSA) is 63.8 Å². The lowest BCUT2D eigenvalue weighted by Gasteiger charge is -2.06.